The maximum atomic E-state index is 11.2. The first-order valence-corrected chi connectivity index (χ1v) is 8.55. The van der Waals surface area contributed by atoms with Gasteiger partial charge in [0.25, 0.3) is 5.69 Å². The molecule has 0 aliphatic rings. The largest absolute Gasteiger partial charge is 0.370 e. The number of hydrogen-bond donors (Lipinski definition) is 3. The van der Waals surface area contributed by atoms with Gasteiger partial charge in [-0.25, -0.2) is 9.98 Å². The highest BCUT2D eigenvalue weighted by molar-refractivity contribution is 7.13. The second-order valence-corrected chi connectivity index (χ2v) is 6.23. The lowest BCUT2D eigenvalue weighted by atomic mass is 10.1. The molecule has 0 spiro atoms. The fourth-order valence-electron chi connectivity index (χ4n) is 2.33. The fraction of sp³-hybridized carbons (Fsp3) is 0. The Labute approximate surface area is 158 Å². The molecule has 3 aromatic rings. The van der Waals surface area contributed by atoms with E-state index in [0.717, 1.165) is 11.3 Å². The standard InChI is InChI=1S/C17H15N7O2S/c18-16(19)23-17(20)22-13-7-6-11(24(25)26)8-12(13)15-21-14(9-27-15)10-4-2-1-3-5-10/h1-9H,(H6,18,19,20,22,23). The van der Waals surface area contributed by atoms with Crippen LogP contribution in [0.2, 0.25) is 0 Å². The first-order valence-electron chi connectivity index (χ1n) is 7.67. The van der Waals surface area contributed by atoms with Crippen molar-refractivity contribution in [2.24, 2.45) is 27.2 Å². The van der Waals surface area contributed by atoms with Crippen LogP contribution in [0.15, 0.2) is 63.9 Å². The van der Waals surface area contributed by atoms with E-state index >= 15 is 0 Å². The predicted molar refractivity (Wildman–Crippen MR) is 107 cm³/mol. The molecule has 0 saturated heterocycles. The van der Waals surface area contributed by atoms with Gasteiger partial charge in [0, 0.05) is 28.6 Å². The summed E-state index contributed by atoms with van der Waals surface area (Å²) in [7, 11) is 0. The molecule has 10 heteroatoms. The lowest BCUT2D eigenvalue weighted by molar-refractivity contribution is -0.384. The van der Waals surface area contributed by atoms with Crippen LogP contribution in [0.1, 0.15) is 0 Å². The minimum Gasteiger partial charge on any atom is -0.370 e. The third-order valence-corrected chi connectivity index (χ3v) is 4.35. The minimum absolute atomic E-state index is 0.0826. The second-order valence-electron chi connectivity index (χ2n) is 5.37. The average Bonchev–Trinajstić information content (AvgIpc) is 3.12. The molecule has 1 aromatic heterocycles. The van der Waals surface area contributed by atoms with Crippen LogP contribution in [-0.2, 0) is 0 Å². The number of thiazole rings is 1. The van der Waals surface area contributed by atoms with E-state index in [2.05, 4.69) is 15.0 Å². The Morgan fingerprint density at radius 1 is 1.11 bits per heavy atom. The molecule has 1 heterocycles. The van der Waals surface area contributed by atoms with Crippen molar-refractivity contribution < 1.29 is 4.92 Å². The molecule has 9 nitrogen and oxygen atoms in total. The molecular weight excluding hydrogens is 366 g/mol. The first-order chi connectivity index (χ1) is 12.9. The van der Waals surface area contributed by atoms with Crippen LogP contribution in [0.25, 0.3) is 21.8 Å². The van der Waals surface area contributed by atoms with Crippen molar-refractivity contribution in [1.82, 2.24) is 4.98 Å². The van der Waals surface area contributed by atoms with E-state index in [1.165, 1.54) is 29.5 Å². The van der Waals surface area contributed by atoms with E-state index in [1.54, 1.807) is 0 Å². The smallest absolute Gasteiger partial charge is 0.270 e. The number of rotatable bonds is 4. The van der Waals surface area contributed by atoms with Crippen LogP contribution in [0, 0.1) is 10.1 Å². The van der Waals surface area contributed by atoms with Crippen LogP contribution in [-0.4, -0.2) is 21.8 Å². The van der Waals surface area contributed by atoms with Crippen molar-refractivity contribution in [2.75, 3.05) is 0 Å². The highest BCUT2D eigenvalue weighted by Gasteiger charge is 2.16. The molecule has 2 aromatic carbocycles. The van der Waals surface area contributed by atoms with E-state index in [9.17, 15) is 10.1 Å². The number of non-ortho nitro benzene ring substituents is 1. The SMILES string of the molecule is NC(N)=NC(N)=Nc1ccc([N+](=O)[O-])cc1-c1nc(-c2ccccc2)cs1. The molecule has 0 fully saturated rings. The Morgan fingerprint density at radius 2 is 1.85 bits per heavy atom. The number of guanidine groups is 2. The van der Waals surface area contributed by atoms with Crippen molar-refractivity contribution in [2.45, 2.75) is 0 Å². The Morgan fingerprint density at radius 3 is 2.52 bits per heavy atom. The number of hydrogen-bond acceptors (Lipinski definition) is 5. The number of nitrogens with two attached hydrogens (primary N) is 3. The van der Waals surface area contributed by atoms with E-state index in [1.807, 2.05) is 35.7 Å². The van der Waals surface area contributed by atoms with Crippen molar-refractivity contribution in [3.8, 4) is 21.8 Å². The highest BCUT2D eigenvalue weighted by Crippen LogP contribution is 2.37. The molecule has 136 valence electrons. The normalized spacial score (nSPS) is 11.2. The van der Waals surface area contributed by atoms with Gasteiger partial charge in [-0.2, -0.15) is 4.99 Å². The van der Waals surface area contributed by atoms with Crippen molar-refractivity contribution in [1.29, 1.82) is 0 Å². The third-order valence-electron chi connectivity index (χ3n) is 3.47. The van der Waals surface area contributed by atoms with Gasteiger partial charge in [-0.1, -0.05) is 30.3 Å². The fourth-order valence-corrected chi connectivity index (χ4v) is 3.18. The molecule has 0 atom stereocenters. The van der Waals surface area contributed by atoms with Crippen LogP contribution in [0.3, 0.4) is 0 Å². The van der Waals surface area contributed by atoms with Crippen LogP contribution in [0.4, 0.5) is 11.4 Å². The topological polar surface area (TPSA) is 159 Å². The van der Waals surface area contributed by atoms with Crippen molar-refractivity contribution in [3.63, 3.8) is 0 Å². The summed E-state index contributed by atoms with van der Waals surface area (Å²) in [6.07, 6.45) is 0. The van der Waals surface area contributed by atoms with Crippen LogP contribution >= 0.6 is 11.3 Å². The number of nitro benzene ring substituents is 1. The Bertz CT molecular complexity index is 1040. The van der Waals surface area contributed by atoms with Gasteiger partial charge in [0.1, 0.15) is 5.01 Å². The number of aromatic nitrogens is 1. The second kappa shape index (κ2) is 7.62. The Kier molecular flexibility index (Phi) is 5.08. The molecule has 0 unspecified atom stereocenters. The number of aliphatic imine (C=N–C) groups is 2. The monoisotopic (exact) mass is 381 g/mol. The number of nitro groups is 1. The van der Waals surface area contributed by atoms with Crippen LogP contribution < -0.4 is 17.2 Å². The van der Waals surface area contributed by atoms with Gasteiger partial charge in [-0.05, 0) is 6.07 Å². The van der Waals surface area contributed by atoms with Gasteiger partial charge in [0.15, 0.2) is 5.96 Å². The molecule has 27 heavy (non-hydrogen) atoms. The lowest BCUT2D eigenvalue weighted by Crippen LogP contribution is -2.26. The van der Waals surface area contributed by atoms with E-state index in [0.29, 0.717) is 16.3 Å². The molecule has 3 rings (SSSR count). The van der Waals surface area contributed by atoms with Gasteiger partial charge in [0.05, 0.1) is 16.3 Å². The number of benzene rings is 2. The summed E-state index contributed by atoms with van der Waals surface area (Å²) in [5.74, 6) is -0.398. The maximum absolute atomic E-state index is 11.2. The molecule has 0 aliphatic heterocycles. The molecule has 0 aliphatic carbocycles. The highest BCUT2D eigenvalue weighted by atomic mass is 32.1. The molecule has 6 N–H and O–H groups in total. The average molecular weight is 381 g/mol. The molecule has 0 saturated carbocycles. The summed E-state index contributed by atoms with van der Waals surface area (Å²) in [4.78, 5) is 23.1. The molecule has 0 amide bonds. The summed E-state index contributed by atoms with van der Waals surface area (Å²) < 4.78 is 0. The maximum Gasteiger partial charge on any atom is 0.270 e. The summed E-state index contributed by atoms with van der Waals surface area (Å²) in [6, 6.07) is 13.8. The summed E-state index contributed by atoms with van der Waals surface area (Å²) >= 11 is 1.34. The third kappa shape index (κ3) is 4.25. The van der Waals surface area contributed by atoms with Gasteiger partial charge < -0.3 is 17.2 Å². The van der Waals surface area contributed by atoms with E-state index in [4.69, 9.17) is 17.2 Å². The lowest BCUT2D eigenvalue weighted by Gasteiger charge is -2.04. The van der Waals surface area contributed by atoms with Gasteiger partial charge >= 0.3 is 0 Å². The van der Waals surface area contributed by atoms with E-state index in [-0.39, 0.29) is 17.6 Å². The zero-order valence-corrected chi connectivity index (χ0v) is 14.8. The van der Waals surface area contributed by atoms with E-state index < -0.39 is 4.92 Å². The van der Waals surface area contributed by atoms with Gasteiger partial charge in [0.2, 0.25) is 5.96 Å². The first kappa shape index (κ1) is 18.0. The quantitative estimate of drug-likeness (QED) is 0.272. The zero-order chi connectivity index (χ0) is 19.4. The Hall–Kier alpha value is -3.79. The van der Waals surface area contributed by atoms with Crippen molar-refractivity contribution >= 4 is 34.6 Å². The summed E-state index contributed by atoms with van der Waals surface area (Å²) in [6.45, 7) is 0. The van der Waals surface area contributed by atoms with Gasteiger partial charge in [-0.3, -0.25) is 10.1 Å². The molecule has 0 bridgehead atoms. The minimum atomic E-state index is -0.484. The summed E-state index contributed by atoms with van der Waals surface area (Å²) in [5.41, 5.74) is 18.7. The zero-order valence-electron chi connectivity index (χ0n) is 13.9. The Balaban J connectivity index is 2.10. The summed E-state index contributed by atoms with van der Waals surface area (Å²) in [5, 5.41) is 13.6. The molecular formula is C17H15N7O2S. The number of nitrogens with zero attached hydrogens (tertiary/aromatic N) is 4. The predicted octanol–water partition coefficient (Wildman–Crippen LogP) is 2.60. The van der Waals surface area contributed by atoms with Gasteiger partial charge in [-0.15, -0.1) is 11.3 Å². The molecule has 0 radical (unpaired) electrons. The van der Waals surface area contributed by atoms with Crippen LogP contribution in [0.5, 0.6) is 0 Å². The van der Waals surface area contributed by atoms with Crippen molar-refractivity contribution in [3.05, 3.63) is 64.0 Å².